The van der Waals surface area contributed by atoms with Crippen LogP contribution in [0.4, 0.5) is 0 Å². The van der Waals surface area contributed by atoms with Crippen molar-refractivity contribution in [3.05, 3.63) is 90.5 Å². The molecule has 0 amide bonds. The summed E-state index contributed by atoms with van der Waals surface area (Å²) >= 11 is 1.99. The van der Waals surface area contributed by atoms with Crippen LogP contribution in [0.15, 0.2) is 89.8 Å². The second-order valence-electron chi connectivity index (χ2n) is 8.57. The van der Waals surface area contributed by atoms with Crippen molar-refractivity contribution in [2.75, 3.05) is 13.1 Å². The van der Waals surface area contributed by atoms with E-state index in [-0.39, 0.29) is 0 Å². The molecule has 3 heteroatoms. The Bertz CT molecular complexity index is 914. The van der Waals surface area contributed by atoms with E-state index in [9.17, 15) is 0 Å². The zero-order valence-electron chi connectivity index (χ0n) is 17.5. The van der Waals surface area contributed by atoms with Gasteiger partial charge in [-0.3, -0.25) is 4.90 Å². The number of hydrogen-bond donors (Lipinski definition) is 0. The van der Waals surface area contributed by atoms with Crippen LogP contribution >= 0.6 is 11.9 Å². The smallest absolute Gasteiger partial charge is 0.0233 e. The second kappa shape index (κ2) is 9.38. The van der Waals surface area contributed by atoms with E-state index in [1.165, 1.54) is 60.4 Å². The molecular weight excluding hydrogens is 384 g/mol. The molecule has 5 rings (SSSR count). The fourth-order valence-electron chi connectivity index (χ4n) is 4.40. The molecule has 30 heavy (non-hydrogen) atoms. The first-order valence-corrected chi connectivity index (χ1v) is 12.0. The minimum Gasteiger partial charge on any atom is -0.299 e. The maximum atomic E-state index is 2.72. The van der Waals surface area contributed by atoms with Crippen LogP contribution in [0, 0.1) is 0 Å². The fraction of sp³-hybridized carbons (Fsp3) is 0.333. The molecule has 1 saturated carbocycles. The average molecular weight is 415 g/mol. The van der Waals surface area contributed by atoms with E-state index in [0.717, 1.165) is 12.6 Å². The predicted octanol–water partition coefficient (Wildman–Crippen LogP) is 6.49. The number of benzene rings is 3. The van der Waals surface area contributed by atoms with Gasteiger partial charge in [0.1, 0.15) is 0 Å². The lowest BCUT2D eigenvalue weighted by atomic mass is 10.0. The van der Waals surface area contributed by atoms with Gasteiger partial charge in [0.05, 0.1) is 0 Å². The molecule has 3 aromatic carbocycles. The van der Waals surface area contributed by atoms with E-state index in [1.54, 1.807) is 0 Å². The van der Waals surface area contributed by atoms with Gasteiger partial charge in [-0.15, -0.1) is 0 Å². The lowest BCUT2D eigenvalue weighted by molar-refractivity contribution is 0.156. The van der Waals surface area contributed by atoms with Gasteiger partial charge in [-0.1, -0.05) is 72.8 Å². The van der Waals surface area contributed by atoms with Gasteiger partial charge in [-0.05, 0) is 66.5 Å². The molecule has 1 saturated heterocycles. The van der Waals surface area contributed by atoms with Crippen molar-refractivity contribution in [3.8, 4) is 11.1 Å². The van der Waals surface area contributed by atoms with Crippen molar-refractivity contribution in [3.63, 3.8) is 0 Å². The SMILES string of the molecule is c1ccc(SN(C2CC2)C2CCN(Cc3ccc(-c4ccccc4)cc3)CC2)cc1. The van der Waals surface area contributed by atoms with E-state index >= 15 is 0 Å². The Balaban J connectivity index is 1.16. The molecule has 0 bridgehead atoms. The van der Waals surface area contributed by atoms with Crippen LogP contribution < -0.4 is 0 Å². The van der Waals surface area contributed by atoms with Crippen molar-refractivity contribution in [2.24, 2.45) is 0 Å². The zero-order valence-corrected chi connectivity index (χ0v) is 18.3. The largest absolute Gasteiger partial charge is 0.299 e. The topological polar surface area (TPSA) is 6.48 Å². The van der Waals surface area contributed by atoms with Gasteiger partial charge >= 0.3 is 0 Å². The Morgan fingerprint density at radius 2 is 1.23 bits per heavy atom. The van der Waals surface area contributed by atoms with Gasteiger partial charge < -0.3 is 0 Å². The van der Waals surface area contributed by atoms with Gasteiger partial charge in [0.25, 0.3) is 0 Å². The summed E-state index contributed by atoms with van der Waals surface area (Å²) in [6.45, 7) is 3.46. The van der Waals surface area contributed by atoms with Crippen molar-refractivity contribution >= 4 is 11.9 Å². The molecule has 0 spiro atoms. The van der Waals surface area contributed by atoms with Crippen LogP contribution in [-0.2, 0) is 6.54 Å². The highest BCUT2D eigenvalue weighted by Crippen LogP contribution is 2.40. The maximum absolute atomic E-state index is 2.72. The first-order chi connectivity index (χ1) is 14.8. The standard InChI is InChI=1S/C27H30N2S/c1-3-7-23(8-4-1)24-13-11-22(12-14-24)21-28-19-17-26(18-20-28)29(25-15-16-25)30-27-9-5-2-6-10-27/h1-14,25-26H,15-21H2. The van der Waals surface area contributed by atoms with Crippen LogP contribution in [0.1, 0.15) is 31.2 Å². The molecule has 1 aliphatic heterocycles. The van der Waals surface area contributed by atoms with E-state index in [4.69, 9.17) is 0 Å². The lowest BCUT2D eigenvalue weighted by Gasteiger charge is -2.38. The summed E-state index contributed by atoms with van der Waals surface area (Å²) in [5.74, 6) is 0. The summed E-state index contributed by atoms with van der Waals surface area (Å²) in [5, 5.41) is 0. The third kappa shape index (κ3) is 4.97. The molecule has 2 nitrogen and oxygen atoms in total. The van der Waals surface area contributed by atoms with Crippen molar-refractivity contribution in [1.29, 1.82) is 0 Å². The molecule has 0 aromatic heterocycles. The average Bonchev–Trinajstić information content (AvgIpc) is 3.65. The summed E-state index contributed by atoms with van der Waals surface area (Å²) in [6, 6.07) is 32.2. The van der Waals surface area contributed by atoms with Crippen LogP contribution in [0.3, 0.4) is 0 Å². The van der Waals surface area contributed by atoms with Gasteiger partial charge in [0.15, 0.2) is 0 Å². The molecule has 154 valence electrons. The molecule has 1 aliphatic carbocycles. The Kier molecular flexibility index (Phi) is 6.21. The Morgan fingerprint density at radius 3 is 1.87 bits per heavy atom. The van der Waals surface area contributed by atoms with E-state index in [1.807, 2.05) is 11.9 Å². The van der Waals surface area contributed by atoms with Crippen LogP contribution in [0.5, 0.6) is 0 Å². The highest BCUT2D eigenvalue weighted by Gasteiger charge is 2.36. The van der Waals surface area contributed by atoms with Crippen molar-refractivity contribution in [2.45, 2.75) is 49.2 Å². The summed E-state index contributed by atoms with van der Waals surface area (Å²) in [5.41, 5.74) is 4.02. The van der Waals surface area contributed by atoms with Crippen LogP contribution in [0.25, 0.3) is 11.1 Å². The summed E-state index contributed by atoms with van der Waals surface area (Å²) in [6.07, 6.45) is 5.29. The number of piperidine rings is 1. The number of rotatable bonds is 7. The Labute approximate surface area is 185 Å². The molecule has 2 fully saturated rings. The maximum Gasteiger partial charge on any atom is 0.0233 e. The van der Waals surface area contributed by atoms with E-state index < -0.39 is 0 Å². The highest BCUT2D eigenvalue weighted by molar-refractivity contribution is 7.97. The quantitative estimate of drug-likeness (QED) is 0.408. The van der Waals surface area contributed by atoms with E-state index in [0.29, 0.717) is 6.04 Å². The molecule has 0 N–H and O–H groups in total. The van der Waals surface area contributed by atoms with Crippen LogP contribution in [-0.4, -0.2) is 34.4 Å². The number of hydrogen-bond acceptors (Lipinski definition) is 3. The fourth-order valence-corrected chi connectivity index (χ4v) is 5.64. The summed E-state index contributed by atoms with van der Waals surface area (Å²) in [7, 11) is 0. The zero-order chi connectivity index (χ0) is 20.2. The van der Waals surface area contributed by atoms with E-state index in [2.05, 4.69) is 94.1 Å². The molecule has 2 aliphatic rings. The molecule has 0 unspecified atom stereocenters. The van der Waals surface area contributed by atoms with Crippen molar-refractivity contribution in [1.82, 2.24) is 9.21 Å². The molecule has 0 atom stereocenters. The third-order valence-electron chi connectivity index (χ3n) is 6.25. The van der Waals surface area contributed by atoms with Gasteiger partial charge in [-0.25, -0.2) is 4.31 Å². The van der Waals surface area contributed by atoms with Gasteiger partial charge in [-0.2, -0.15) is 0 Å². The minimum atomic E-state index is 0.708. The number of nitrogens with zero attached hydrogens (tertiary/aromatic N) is 2. The predicted molar refractivity (Wildman–Crippen MR) is 127 cm³/mol. The van der Waals surface area contributed by atoms with Crippen LogP contribution in [0.2, 0.25) is 0 Å². The van der Waals surface area contributed by atoms with Crippen molar-refractivity contribution < 1.29 is 0 Å². The van der Waals surface area contributed by atoms with Gasteiger partial charge in [0, 0.05) is 36.6 Å². The molecule has 3 aromatic rings. The molecular formula is C27H30N2S. The monoisotopic (exact) mass is 414 g/mol. The highest BCUT2D eigenvalue weighted by atomic mass is 32.2. The third-order valence-corrected chi connectivity index (χ3v) is 7.54. The first-order valence-electron chi connectivity index (χ1n) is 11.2. The summed E-state index contributed by atoms with van der Waals surface area (Å²) < 4.78 is 2.72. The Hall–Kier alpha value is -2.07. The molecule has 0 radical (unpaired) electrons. The molecule has 1 heterocycles. The summed E-state index contributed by atoms with van der Waals surface area (Å²) in [4.78, 5) is 4.01. The Morgan fingerprint density at radius 1 is 0.667 bits per heavy atom. The first kappa shape index (κ1) is 19.9. The normalized spacial score (nSPS) is 18.0. The second-order valence-corrected chi connectivity index (χ2v) is 9.64. The van der Waals surface area contributed by atoms with Gasteiger partial charge in [0.2, 0.25) is 0 Å². The number of likely N-dealkylation sites (tertiary alicyclic amines) is 1. The minimum absolute atomic E-state index is 0.708. The lowest BCUT2D eigenvalue weighted by Crippen LogP contribution is -2.42.